The Labute approximate surface area is 173 Å². The number of carbonyl (C=O) groups is 1. The Hall–Kier alpha value is -2.90. The van der Waals surface area contributed by atoms with Gasteiger partial charge in [-0.05, 0) is 37.8 Å². The molecule has 1 aliphatic carbocycles. The third kappa shape index (κ3) is 2.58. The number of piperazine rings is 1. The lowest BCUT2D eigenvalue weighted by Crippen LogP contribution is -2.56. The summed E-state index contributed by atoms with van der Waals surface area (Å²) in [5, 5.41) is 5.42. The van der Waals surface area contributed by atoms with E-state index in [4.69, 9.17) is 0 Å². The van der Waals surface area contributed by atoms with Crippen LogP contribution in [0.2, 0.25) is 0 Å². The molecule has 1 saturated carbocycles. The van der Waals surface area contributed by atoms with Crippen LogP contribution in [0, 0.1) is 12.8 Å². The van der Waals surface area contributed by atoms with Crippen LogP contribution < -0.4 is 4.90 Å². The maximum absolute atomic E-state index is 13.5. The van der Waals surface area contributed by atoms with Crippen LogP contribution in [0.4, 0.5) is 10.1 Å². The summed E-state index contributed by atoms with van der Waals surface area (Å²) in [6, 6.07) is 2.42. The van der Waals surface area contributed by atoms with Crippen LogP contribution in [0.3, 0.4) is 0 Å². The summed E-state index contributed by atoms with van der Waals surface area (Å²) in [6.07, 6.45) is 7.18. The molecule has 6 rings (SSSR count). The third-order valence-corrected chi connectivity index (χ3v) is 7.02. The monoisotopic (exact) mass is 408 g/mol. The normalized spacial score (nSPS) is 27.8. The van der Waals surface area contributed by atoms with E-state index in [1.165, 1.54) is 0 Å². The van der Waals surface area contributed by atoms with E-state index in [-0.39, 0.29) is 23.9 Å². The smallest absolute Gasteiger partial charge is 0.229 e. The summed E-state index contributed by atoms with van der Waals surface area (Å²) in [5.41, 5.74) is 5.26. The molecule has 4 atom stereocenters. The Kier molecular flexibility index (Phi) is 3.76. The van der Waals surface area contributed by atoms with Crippen molar-refractivity contribution in [3.05, 3.63) is 30.2 Å². The van der Waals surface area contributed by atoms with Gasteiger partial charge in [0.15, 0.2) is 0 Å². The average Bonchev–Trinajstić information content (AvgIpc) is 3.02. The van der Waals surface area contributed by atoms with E-state index in [1.807, 2.05) is 30.5 Å². The van der Waals surface area contributed by atoms with Crippen molar-refractivity contribution in [1.29, 1.82) is 0 Å². The number of hydrogen-bond acceptors (Lipinski definition) is 4. The SMILES string of the molecule is Cc1c(-c2cnn(C)c2)[nH]c2nccc(N3CC4CCC(C3)N4C(=O)[C@@H]3C[C@H]3F)c12. The number of hydrogen-bond donors (Lipinski definition) is 1. The van der Waals surface area contributed by atoms with Crippen molar-refractivity contribution >= 4 is 22.6 Å². The van der Waals surface area contributed by atoms with Crippen molar-refractivity contribution in [2.24, 2.45) is 13.0 Å². The first kappa shape index (κ1) is 17.9. The fourth-order valence-electron chi connectivity index (χ4n) is 5.43. The van der Waals surface area contributed by atoms with Crippen LogP contribution in [-0.4, -0.2) is 61.9 Å². The molecule has 0 aromatic carbocycles. The molecule has 2 aliphatic heterocycles. The number of fused-ring (bicyclic) bond motifs is 3. The Morgan fingerprint density at radius 3 is 2.63 bits per heavy atom. The van der Waals surface area contributed by atoms with Crippen LogP contribution in [0.15, 0.2) is 24.7 Å². The number of nitrogens with zero attached hydrogens (tertiary/aromatic N) is 5. The molecule has 0 spiro atoms. The molecule has 3 fully saturated rings. The second-order valence-electron chi connectivity index (χ2n) is 8.98. The summed E-state index contributed by atoms with van der Waals surface area (Å²) < 4.78 is 15.3. The zero-order valence-electron chi connectivity index (χ0n) is 17.2. The maximum Gasteiger partial charge on any atom is 0.229 e. The number of amides is 1. The number of anilines is 1. The van der Waals surface area contributed by atoms with E-state index in [2.05, 4.69) is 33.0 Å². The van der Waals surface area contributed by atoms with Gasteiger partial charge >= 0.3 is 0 Å². The number of H-pyrrole nitrogens is 1. The average molecular weight is 408 g/mol. The minimum Gasteiger partial charge on any atom is -0.367 e. The molecule has 7 nitrogen and oxygen atoms in total. The highest BCUT2D eigenvalue weighted by molar-refractivity contribution is 5.97. The molecule has 8 heteroatoms. The van der Waals surface area contributed by atoms with Crippen molar-refractivity contribution in [1.82, 2.24) is 24.6 Å². The highest BCUT2D eigenvalue weighted by Crippen LogP contribution is 2.42. The summed E-state index contributed by atoms with van der Waals surface area (Å²) in [5.74, 6) is -0.354. The molecule has 0 radical (unpaired) electrons. The quantitative estimate of drug-likeness (QED) is 0.724. The number of pyridine rings is 1. The summed E-state index contributed by atoms with van der Waals surface area (Å²) in [6.45, 7) is 3.70. The largest absolute Gasteiger partial charge is 0.367 e. The van der Waals surface area contributed by atoms with Crippen molar-refractivity contribution in [2.45, 2.75) is 44.4 Å². The van der Waals surface area contributed by atoms with Crippen LogP contribution in [0.25, 0.3) is 22.3 Å². The molecule has 2 unspecified atom stereocenters. The number of aromatic amines is 1. The van der Waals surface area contributed by atoms with E-state index in [1.54, 1.807) is 4.68 Å². The van der Waals surface area contributed by atoms with Crippen LogP contribution in [-0.2, 0) is 11.8 Å². The van der Waals surface area contributed by atoms with Gasteiger partial charge in [0.25, 0.3) is 0 Å². The molecule has 30 heavy (non-hydrogen) atoms. The number of alkyl halides is 1. The van der Waals surface area contributed by atoms with Crippen molar-refractivity contribution < 1.29 is 9.18 Å². The summed E-state index contributed by atoms with van der Waals surface area (Å²) in [7, 11) is 1.91. The highest BCUT2D eigenvalue weighted by Gasteiger charge is 2.51. The fraction of sp³-hybridized carbons (Fsp3) is 0.500. The van der Waals surface area contributed by atoms with Gasteiger partial charge in [-0.3, -0.25) is 9.48 Å². The second kappa shape index (κ2) is 6.30. The first-order valence-electron chi connectivity index (χ1n) is 10.7. The van der Waals surface area contributed by atoms with E-state index >= 15 is 0 Å². The first-order chi connectivity index (χ1) is 14.5. The molecule has 3 aliphatic rings. The Bertz CT molecular complexity index is 1140. The number of aromatic nitrogens is 4. The van der Waals surface area contributed by atoms with Crippen LogP contribution in [0.5, 0.6) is 0 Å². The zero-order valence-corrected chi connectivity index (χ0v) is 17.2. The molecule has 3 aromatic heterocycles. The molecule has 2 saturated heterocycles. The van der Waals surface area contributed by atoms with Gasteiger partial charge in [0.1, 0.15) is 11.8 Å². The minimum atomic E-state index is -0.928. The third-order valence-electron chi connectivity index (χ3n) is 7.02. The number of aryl methyl sites for hydroxylation is 2. The molecule has 2 bridgehead atoms. The lowest BCUT2D eigenvalue weighted by Gasteiger charge is -2.42. The van der Waals surface area contributed by atoms with Gasteiger partial charge in [-0.2, -0.15) is 5.10 Å². The highest BCUT2D eigenvalue weighted by atomic mass is 19.1. The summed E-state index contributed by atoms with van der Waals surface area (Å²) in [4.78, 5) is 25.2. The van der Waals surface area contributed by atoms with Gasteiger partial charge in [0, 0.05) is 61.3 Å². The Morgan fingerprint density at radius 2 is 2.00 bits per heavy atom. The van der Waals surface area contributed by atoms with E-state index in [9.17, 15) is 9.18 Å². The Morgan fingerprint density at radius 1 is 1.27 bits per heavy atom. The van der Waals surface area contributed by atoms with E-state index in [0.29, 0.717) is 6.42 Å². The van der Waals surface area contributed by atoms with Crippen molar-refractivity contribution in [2.75, 3.05) is 18.0 Å². The van der Waals surface area contributed by atoms with Gasteiger partial charge in [-0.1, -0.05) is 0 Å². The number of rotatable bonds is 3. The lowest BCUT2D eigenvalue weighted by molar-refractivity contribution is -0.136. The standard InChI is InChI=1S/C22H25FN6O/c1-12-19-18(5-6-24-21(19)26-20(12)13-8-25-27(2)9-13)28-10-14-3-4-15(11-28)29(14)22(30)16-7-17(16)23/h5-6,8-9,14-17H,3-4,7,10-11H2,1-2H3,(H,24,26)/t14?,15?,16-,17-/m1/s1. The molecular weight excluding hydrogens is 383 g/mol. The number of nitrogens with one attached hydrogen (secondary N) is 1. The maximum atomic E-state index is 13.5. The molecule has 5 heterocycles. The zero-order chi connectivity index (χ0) is 20.6. The molecule has 1 N–H and O–H groups in total. The topological polar surface area (TPSA) is 70.1 Å². The second-order valence-corrected chi connectivity index (χ2v) is 8.98. The van der Waals surface area contributed by atoms with Crippen LogP contribution in [0.1, 0.15) is 24.8 Å². The van der Waals surface area contributed by atoms with Crippen molar-refractivity contribution in [3.8, 4) is 11.3 Å². The van der Waals surface area contributed by atoms with Gasteiger partial charge in [0.05, 0.1) is 17.8 Å². The van der Waals surface area contributed by atoms with E-state index < -0.39 is 6.17 Å². The van der Waals surface area contributed by atoms with Gasteiger partial charge in [0.2, 0.25) is 5.91 Å². The summed E-state index contributed by atoms with van der Waals surface area (Å²) >= 11 is 0. The molecule has 156 valence electrons. The fourth-order valence-corrected chi connectivity index (χ4v) is 5.43. The van der Waals surface area contributed by atoms with Gasteiger partial charge in [-0.25, -0.2) is 9.37 Å². The molecule has 3 aromatic rings. The van der Waals surface area contributed by atoms with Crippen LogP contribution >= 0.6 is 0 Å². The Balaban J connectivity index is 1.34. The van der Waals surface area contributed by atoms with Gasteiger partial charge < -0.3 is 14.8 Å². The lowest BCUT2D eigenvalue weighted by atomic mass is 10.1. The molecule has 1 amide bonds. The predicted molar refractivity (Wildman–Crippen MR) is 112 cm³/mol. The number of halogens is 1. The predicted octanol–water partition coefficient (Wildman–Crippen LogP) is 2.81. The first-order valence-corrected chi connectivity index (χ1v) is 10.7. The van der Waals surface area contributed by atoms with E-state index in [0.717, 1.165) is 59.5 Å². The minimum absolute atomic E-state index is 0.0335. The van der Waals surface area contributed by atoms with Crippen molar-refractivity contribution in [3.63, 3.8) is 0 Å². The number of carbonyl (C=O) groups excluding carboxylic acids is 1. The molecular formula is C22H25FN6O. The van der Waals surface area contributed by atoms with Gasteiger partial charge in [-0.15, -0.1) is 0 Å².